The first-order chi connectivity index (χ1) is 11.8. The van der Waals surface area contributed by atoms with Crippen LogP contribution in [0.15, 0.2) is 24.3 Å². The molecule has 2 N–H and O–H groups in total. The van der Waals surface area contributed by atoms with Crippen LogP contribution in [0.3, 0.4) is 0 Å². The molecule has 1 amide bonds. The molecule has 0 spiro atoms. The highest BCUT2D eigenvalue weighted by Crippen LogP contribution is 2.26. The summed E-state index contributed by atoms with van der Waals surface area (Å²) in [7, 11) is 0. The van der Waals surface area contributed by atoms with Gasteiger partial charge in [0.05, 0.1) is 37.7 Å². The number of quaternary nitrogens is 1. The number of hydrogen-bond donors (Lipinski definition) is 2. The van der Waals surface area contributed by atoms with Gasteiger partial charge >= 0.3 is 0 Å². The number of anilines is 2. The molecule has 3 rings (SSSR count). The van der Waals surface area contributed by atoms with Gasteiger partial charge in [-0.1, -0.05) is 18.6 Å². The van der Waals surface area contributed by atoms with E-state index in [2.05, 4.69) is 16.3 Å². The molecule has 5 nitrogen and oxygen atoms in total. The van der Waals surface area contributed by atoms with E-state index >= 15 is 0 Å². The fourth-order valence-corrected chi connectivity index (χ4v) is 3.66. The smallest absolute Gasteiger partial charge is 0.279 e. The monoisotopic (exact) mass is 332 g/mol. The van der Waals surface area contributed by atoms with Crippen molar-refractivity contribution in [3.05, 3.63) is 24.3 Å². The summed E-state index contributed by atoms with van der Waals surface area (Å²) in [5, 5.41) is 3.15. The van der Waals surface area contributed by atoms with Crippen molar-refractivity contribution in [3.63, 3.8) is 0 Å². The van der Waals surface area contributed by atoms with Crippen molar-refractivity contribution in [2.24, 2.45) is 0 Å². The Morgan fingerprint density at radius 3 is 2.46 bits per heavy atom. The van der Waals surface area contributed by atoms with Gasteiger partial charge in [-0.3, -0.25) is 4.79 Å². The lowest BCUT2D eigenvalue weighted by Crippen LogP contribution is -3.13. The largest absolute Gasteiger partial charge is 0.378 e. The van der Waals surface area contributed by atoms with Crippen LogP contribution in [-0.2, 0) is 9.53 Å². The number of benzene rings is 1. The summed E-state index contributed by atoms with van der Waals surface area (Å²) in [5.74, 6) is 0.131. The normalized spacial score (nSPS) is 20.2. The van der Waals surface area contributed by atoms with Crippen molar-refractivity contribution in [3.8, 4) is 0 Å². The Bertz CT molecular complexity index is 521. The van der Waals surface area contributed by atoms with E-state index in [4.69, 9.17) is 4.74 Å². The number of morpholine rings is 1. The molecule has 2 aliphatic rings. The molecule has 5 heteroatoms. The van der Waals surface area contributed by atoms with Gasteiger partial charge in [0.15, 0.2) is 6.54 Å². The Morgan fingerprint density at radius 2 is 1.71 bits per heavy atom. The van der Waals surface area contributed by atoms with Gasteiger partial charge in [0.1, 0.15) is 0 Å². The first-order valence-corrected chi connectivity index (χ1v) is 9.38. The summed E-state index contributed by atoms with van der Waals surface area (Å²) in [6.07, 6.45) is 6.46. The van der Waals surface area contributed by atoms with E-state index in [0.717, 1.165) is 50.8 Å². The highest BCUT2D eigenvalue weighted by molar-refractivity contribution is 5.95. The summed E-state index contributed by atoms with van der Waals surface area (Å²) in [5.41, 5.74) is 2.03. The number of hydrogen-bond acceptors (Lipinski definition) is 3. The maximum atomic E-state index is 12.5. The number of ether oxygens (including phenoxy) is 1. The Balaban J connectivity index is 1.59. The van der Waals surface area contributed by atoms with Gasteiger partial charge < -0.3 is 19.9 Å². The third-order valence-electron chi connectivity index (χ3n) is 5.00. The fraction of sp³-hybridized carbons (Fsp3) is 0.632. The number of carbonyl (C=O) groups excluding carboxylic acids is 1. The van der Waals surface area contributed by atoms with E-state index in [1.165, 1.54) is 37.0 Å². The summed E-state index contributed by atoms with van der Waals surface area (Å²) < 4.78 is 5.43. The van der Waals surface area contributed by atoms with Crippen LogP contribution in [0.5, 0.6) is 0 Å². The highest BCUT2D eigenvalue weighted by atomic mass is 16.5. The maximum Gasteiger partial charge on any atom is 0.279 e. The first-order valence-electron chi connectivity index (χ1n) is 9.38. The van der Waals surface area contributed by atoms with E-state index in [-0.39, 0.29) is 5.91 Å². The molecule has 0 atom stereocenters. The lowest BCUT2D eigenvalue weighted by Gasteiger charge is -2.30. The molecular formula is C19H30N3O2+. The highest BCUT2D eigenvalue weighted by Gasteiger charge is 2.19. The van der Waals surface area contributed by atoms with Crippen molar-refractivity contribution in [2.75, 3.05) is 56.2 Å². The number of nitrogens with one attached hydrogen (secondary N) is 2. The zero-order chi connectivity index (χ0) is 16.6. The van der Waals surface area contributed by atoms with Crippen molar-refractivity contribution in [2.45, 2.75) is 32.1 Å². The topological polar surface area (TPSA) is 46.0 Å². The summed E-state index contributed by atoms with van der Waals surface area (Å²) in [6, 6.07) is 8.11. The number of nitrogens with zero attached hydrogens (tertiary/aromatic N) is 1. The molecule has 0 saturated carbocycles. The SMILES string of the molecule is O=C(C[NH+]1CCCCCCC1)Nc1ccccc1N1CCOCC1. The third kappa shape index (κ3) is 4.95. The van der Waals surface area contributed by atoms with Crippen LogP contribution in [0, 0.1) is 0 Å². The maximum absolute atomic E-state index is 12.5. The molecule has 2 heterocycles. The second-order valence-electron chi connectivity index (χ2n) is 6.86. The van der Waals surface area contributed by atoms with E-state index in [9.17, 15) is 4.79 Å². The Hall–Kier alpha value is -1.59. The van der Waals surface area contributed by atoms with Crippen molar-refractivity contribution in [1.82, 2.24) is 0 Å². The third-order valence-corrected chi connectivity index (χ3v) is 5.00. The van der Waals surface area contributed by atoms with E-state index < -0.39 is 0 Å². The van der Waals surface area contributed by atoms with Gasteiger partial charge in [-0.05, 0) is 37.8 Å². The van der Waals surface area contributed by atoms with E-state index in [1.54, 1.807) is 0 Å². The lowest BCUT2D eigenvalue weighted by molar-refractivity contribution is -0.892. The number of para-hydroxylation sites is 2. The van der Waals surface area contributed by atoms with Crippen molar-refractivity contribution < 1.29 is 14.4 Å². The van der Waals surface area contributed by atoms with E-state index in [0.29, 0.717) is 6.54 Å². The minimum absolute atomic E-state index is 0.131. The molecule has 24 heavy (non-hydrogen) atoms. The Labute approximate surface area is 145 Å². The van der Waals surface area contributed by atoms with Crippen molar-refractivity contribution >= 4 is 17.3 Å². The molecule has 0 radical (unpaired) electrons. The molecule has 1 aromatic rings. The zero-order valence-corrected chi connectivity index (χ0v) is 14.6. The van der Waals surface area contributed by atoms with Crippen LogP contribution in [0.4, 0.5) is 11.4 Å². The zero-order valence-electron chi connectivity index (χ0n) is 14.6. The predicted octanol–water partition coefficient (Wildman–Crippen LogP) is 1.31. The average Bonchev–Trinajstić information content (AvgIpc) is 2.58. The number of rotatable bonds is 4. The Kier molecular flexibility index (Phi) is 6.49. The van der Waals surface area contributed by atoms with Crippen LogP contribution in [-0.4, -0.2) is 51.8 Å². The van der Waals surface area contributed by atoms with Gasteiger partial charge in [0, 0.05) is 13.1 Å². The molecule has 2 fully saturated rings. The second kappa shape index (κ2) is 9.04. The van der Waals surface area contributed by atoms with Gasteiger partial charge in [0.2, 0.25) is 0 Å². The molecule has 132 valence electrons. The molecular weight excluding hydrogens is 302 g/mol. The first kappa shape index (κ1) is 17.2. The molecule has 0 unspecified atom stereocenters. The summed E-state index contributed by atoms with van der Waals surface area (Å²) in [4.78, 5) is 16.3. The van der Waals surface area contributed by atoms with Gasteiger partial charge in [-0.25, -0.2) is 0 Å². The van der Waals surface area contributed by atoms with Crippen LogP contribution in [0.1, 0.15) is 32.1 Å². The molecule has 2 aliphatic heterocycles. The van der Waals surface area contributed by atoms with Crippen molar-refractivity contribution in [1.29, 1.82) is 0 Å². The summed E-state index contributed by atoms with van der Waals surface area (Å²) >= 11 is 0. The molecule has 0 aromatic heterocycles. The molecule has 1 aromatic carbocycles. The number of carbonyl (C=O) groups is 1. The van der Waals surface area contributed by atoms with Gasteiger partial charge in [-0.2, -0.15) is 0 Å². The van der Waals surface area contributed by atoms with Crippen LogP contribution in [0.25, 0.3) is 0 Å². The van der Waals surface area contributed by atoms with Crippen LogP contribution >= 0.6 is 0 Å². The quantitative estimate of drug-likeness (QED) is 0.874. The van der Waals surface area contributed by atoms with Crippen LogP contribution in [0.2, 0.25) is 0 Å². The minimum Gasteiger partial charge on any atom is -0.378 e. The summed E-state index contributed by atoms with van der Waals surface area (Å²) in [6.45, 7) is 6.09. The van der Waals surface area contributed by atoms with E-state index in [1.807, 2.05) is 18.2 Å². The average molecular weight is 332 g/mol. The number of amides is 1. The predicted molar refractivity (Wildman–Crippen MR) is 96.8 cm³/mol. The van der Waals surface area contributed by atoms with Crippen LogP contribution < -0.4 is 15.1 Å². The molecule has 0 aliphatic carbocycles. The molecule has 2 saturated heterocycles. The number of likely N-dealkylation sites (tertiary alicyclic amines) is 1. The minimum atomic E-state index is 0.131. The lowest BCUT2D eigenvalue weighted by atomic mass is 10.1. The fourth-order valence-electron chi connectivity index (χ4n) is 3.66. The van der Waals surface area contributed by atoms with Gasteiger partial charge in [-0.15, -0.1) is 0 Å². The standard InChI is InChI=1S/C19H29N3O2/c23-19(16-21-10-6-2-1-3-7-11-21)20-17-8-4-5-9-18(17)22-12-14-24-15-13-22/h4-5,8-9H,1-3,6-7,10-16H2,(H,20,23)/p+1. The molecule has 0 bridgehead atoms. The second-order valence-corrected chi connectivity index (χ2v) is 6.86. The van der Waals surface area contributed by atoms with Gasteiger partial charge in [0.25, 0.3) is 5.91 Å². The Morgan fingerprint density at radius 1 is 1.04 bits per heavy atom.